The van der Waals surface area contributed by atoms with Crippen LogP contribution in [0, 0.1) is 12.8 Å². The van der Waals surface area contributed by atoms with E-state index in [0.717, 1.165) is 5.56 Å². The molecule has 1 aliphatic carbocycles. The van der Waals surface area contributed by atoms with Crippen molar-refractivity contribution in [1.82, 2.24) is 10.2 Å². The van der Waals surface area contributed by atoms with E-state index in [1.807, 2.05) is 26.8 Å². The van der Waals surface area contributed by atoms with Crippen molar-refractivity contribution in [2.75, 3.05) is 12.4 Å². The monoisotopic (exact) mass is 375 g/mol. The van der Waals surface area contributed by atoms with Crippen LogP contribution in [-0.4, -0.2) is 47.0 Å². The van der Waals surface area contributed by atoms with E-state index in [-0.39, 0.29) is 29.9 Å². The highest BCUT2D eigenvalue weighted by atomic mass is 16.4. The Morgan fingerprint density at radius 1 is 1.15 bits per heavy atom. The van der Waals surface area contributed by atoms with Gasteiger partial charge < -0.3 is 20.6 Å². The number of nitrogens with one attached hydrogen (secondary N) is 2. The van der Waals surface area contributed by atoms with Crippen molar-refractivity contribution in [3.05, 3.63) is 29.3 Å². The van der Waals surface area contributed by atoms with Crippen molar-refractivity contribution < 1.29 is 19.5 Å². The summed E-state index contributed by atoms with van der Waals surface area (Å²) in [6.45, 7) is 5.76. The van der Waals surface area contributed by atoms with E-state index in [2.05, 4.69) is 10.6 Å². The molecule has 0 radical (unpaired) electrons. The summed E-state index contributed by atoms with van der Waals surface area (Å²) in [7, 11) is 1.76. The fourth-order valence-electron chi connectivity index (χ4n) is 3.19. The molecule has 1 aromatic carbocycles. The third-order valence-corrected chi connectivity index (χ3v) is 5.23. The van der Waals surface area contributed by atoms with Crippen molar-refractivity contribution in [1.29, 1.82) is 0 Å². The zero-order valence-electron chi connectivity index (χ0n) is 16.4. The molecule has 1 fully saturated rings. The third-order valence-electron chi connectivity index (χ3n) is 5.23. The molecule has 3 amide bonds. The van der Waals surface area contributed by atoms with Gasteiger partial charge >= 0.3 is 12.0 Å². The molecule has 0 aliphatic heterocycles. The van der Waals surface area contributed by atoms with E-state index in [9.17, 15) is 14.4 Å². The molecule has 7 heteroatoms. The van der Waals surface area contributed by atoms with E-state index in [4.69, 9.17) is 5.11 Å². The number of carboxylic acids is 1. The molecule has 0 spiro atoms. The van der Waals surface area contributed by atoms with Crippen molar-refractivity contribution >= 4 is 23.6 Å². The van der Waals surface area contributed by atoms with Gasteiger partial charge in [-0.3, -0.25) is 9.59 Å². The standard InChI is InChI=1S/C20H29N3O4/c1-12(2)23(4)18(24)17-11-16(8-5-13(17)3)22-20(27)21-15-9-6-14(7-10-15)19(25)26/h5,8,11-12,14-15H,6-7,9-10H2,1-4H3,(H,25,26)(H2,21,22,27). The average molecular weight is 375 g/mol. The van der Waals surface area contributed by atoms with E-state index in [1.54, 1.807) is 24.1 Å². The Labute approximate surface area is 160 Å². The Bertz CT molecular complexity index is 709. The minimum atomic E-state index is -0.763. The molecule has 2 rings (SSSR count). The summed E-state index contributed by atoms with van der Waals surface area (Å²) in [6, 6.07) is 4.99. The van der Waals surface area contributed by atoms with Crippen LogP contribution in [0.2, 0.25) is 0 Å². The number of benzene rings is 1. The van der Waals surface area contributed by atoms with Crippen LogP contribution < -0.4 is 10.6 Å². The summed E-state index contributed by atoms with van der Waals surface area (Å²) in [5.41, 5.74) is 1.97. The van der Waals surface area contributed by atoms with Gasteiger partial charge in [-0.15, -0.1) is 0 Å². The van der Waals surface area contributed by atoms with Crippen molar-refractivity contribution in [3.8, 4) is 0 Å². The molecule has 1 saturated carbocycles. The van der Waals surface area contributed by atoms with Gasteiger partial charge in [0.1, 0.15) is 0 Å². The highest BCUT2D eigenvalue weighted by Crippen LogP contribution is 2.24. The first-order valence-corrected chi connectivity index (χ1v) is 9.37. The molecule has 7 nitrogen and oxygen atoms in total. The first kappa shape index (κ1) is 20.7. The van der Waals surface area contributed by atoms with Crippen LogP contribution in [-0.2, 0) is 4.79 Å². The molecule has 1 aliphatic rings. The van der Waals surface area contributed by atoms with Crippen LogP contribution in [0.3, 0.4) is 0 Å². The quantitative estimate of drug-likeness (QED) is 0.736. The second-order valence-corrected chi connectivity index (χ2v) is 7.52. The molecule has 148 valence electrons. The van der Waals surface area contributed by atoms with Gasteiger partial charge in [-0.25, -0.2) is 4.79 Å². The van der Waals surface area contributed by atoms with Gasteiger partial charge in [-0.2, -0.15) is 0 Å². The SMILES string of the molecule is Cc1ccc(NC(=O)NC2CCC(C(=O)O)CC2)cc1C(=O)N(C)C(C)C. The van der Waals surface area contributed by atoms with Crippen LogP contribution in [0.4, 0.5) is 10.5 Å². The summed E-state index contributed by atoms with van der Waals surface area (Å²) in [6.07, 6.45) is 2.46. The van der Waals surface area contributed by atoms with Gasteiger partial charge in [0.2, 0.25) is 0 Å². The number of amides is 3. The third kappa shape index (κ3) is 5.45. The van der Waals surface area contributed by atoms with E-state index in [1.165, 1.54) is 0 Å². The lowest BCUT2D eigenvalue weighted by molar-refractivity contribution is -0.142. The zero-order chi connectivity index (χ0) is 20.1. The molecule has 0 unspecified atom stereocenters. The van der Waals surface area contributed by atoms with Crippen LogP contribution in [0.25, 0.3) is 0 Å². The minimum absolute atomic E-state index is 0.0285. The molecule has 0 saturated heterocycles. The largest absolute Gasteiger partial charge is 0.481 e. The second kappa shape index (κ2) is 8.88. The van der Waals surface area contributed by atoms with Gasteiger partial charge in [0, 0.05) is 30.4 Å². The summed E-state index contributed by atoms with van der Waals surface area (Å²) in [4.78, 5) is 37.5. The Kier molecular flexibility index (Phi) is 6.82. The Balaban J connectivity index is 1.97. The molecular formula is C20H29N3O4. The maximum atomic E-state index is 12.6. The van der Waals surface area contributed by atoms with Crippen molar-refractivity contribution in [3.63, 3.8) is 0 Å². The number of nitrogens with zero attached hydrogens (tertiary/aromatic N) is 1. The molecule has 0 heterocycles. The van der Waals surface area contributed by atoms with Crippen LogP contribution in [0.5, 0.6) is 0 Å². The Morgan fingerprint density at radius 3 is 2.33 bits per heavy atom. The molecular weight excluding hydrogens is 346 g/mol. The van der Waals surface area contributed by atoms with Crippen LogP contribution in [0.1, 0.15) is 55.5 Å². The van der Waals surface area contributed by atoms with Crippen LogP contribution >= 0.6 is 0 Å². The highest BCUT2D eigenvalue weighted by Gasteiger charge is 2.26. The summed E-state index contributed by atoms with van der Waals surface area (Å²) in [5, 5.41) is 14.7. The highest BCUT2D eigenvalue weighted by molar-refractivity contribution is 5.98. The maximum Gasteiger partial charge on any atom is 0.319 e. The summed E-state index contributed by atoms with van der Waals surface area (Å²) >= 11 is 0. The lowest BCUT2D eigenvalue weighted by atomic mass is 9.86. The smallest absolute Gasteiger partial charge is 0.319 e. The number of rotatable bonds is 5. The lowest BCUT2D eigenvalue weighted by Gasteiger charge is -2.27. The number of aliphatic carboxylic acids is 1. The molecule has 0 aromatic heterocycles. The van der Waals surface area contributed by atoms with E-state index in [0.29, 0.717) is 36.9 Å². The molecule has 27 heavy (non-hydrogen) atoms. The number of hydrogen-bond donors (Lipinski definition) is 3. The summed E-state index contributed by atoms with van der Waals surface area (Å²) < 4.78 is 0. The maximum absolute atomic E-state index is 12.6. The number of urea groups is 1. The number of carboxylic acid groups (broad SMARTS) is 1. The molecule has 0 bridgehead atoms. The van der Waals surface area contributed by atoms with Gasteiger partial charge in [0.05, 0.1) is 5.92 Å². The normalized spacial score (nSPS) is 19.4. The van der Waals surface area contributed by atoms with E-state index < -0.39 is 5.97 Å². The fourth-order valence-corrected chi connectivity index (χ4v) is 3.19. The first-order chi connectivity index (χ1) is 12.7. The number of anilines is 1. The molecule has 1 aromatic rings. The lowest BCUT2D eigenvalue weighted by Crippen LogP contribution is -2.41. The van der Waals surface area contributed by atoms with Gasteiger partial charge in [0.25, 0.3) is 5.91 Å². The first-order valence-electron chi connectivity index (χ1n) is 9.37. The minimum Gasteiger partial charge on any atom is -0.481 e. The number of hydrogen-bond acceptors (Lipinski definition) is 3. The number of carbonyl (C=O) groups is 3. The van der Waals surface area contributed by atoms with Crippen LogP contribution in [0.15, 0.2) is 18.2 Å². The second-order valence-electron chi connectivity index (χ2n) is 7.52. The fraction of sp³-hybridized carbons (Fsp3) is 0.550. The van der Waals surface area contributed by atoms with Gasteiger partial charge in [-0.05, 0) is 64.2 Å². The Hall–Kier alpha value is -2.57. The van der Waals surface area contributed by atoms with E-state index >= 15 is 0 Å². The molecule has 0 atom stereocenters. The van der Waals surface area contributed by atoms with Gasteiger partial charge in [0.15, 0.2) is 0 Å². The Morgan fingerprint density at radius 2 is 1.78 bits per heavy atom. The number of aryl methyl sites for hydroxylation is 1. The van der Waals surface area contributed by atoms with Crippen molar-refractivity contribution in [2.24, 2.45) is 5.92 Å². The van der Waals surface area contributed by atoms with Gasteiger partial charge in [-0.1, -0.05) is 6.07 Å². The zero-order valence-corrected chi connectivity index (χ0v) is 16.4. The van der Waals surface area contributed by atoms with Crippen molar-refractivity contribution in [2.45, 2.75) is 58.5 Å². The summed E-state index contributed by atoms with van der Waals surface area (Å²) in [5.74, 6) is -1.16. The number of carbonyl (C=O) groups excluding carboxylic acids is 2. The predicted octanol–water partition coefficient (Wildman–Crippen LogP) is 3.24. The average Bonchev–Trinajstić information content (AvgIpc) is 2.62. The molecule has 3 N–H and O–H groups in total. The predicted molar refractivity (Wildman–Crippen MR) is 104 cm³/mol. The topological polar surface area (TPSA) is 98.7 Å².